The van der Waals surface area contributed by atoms with E-state index in [1.54, 1.807) is 12.3 Å². The van der Waals surface area contributed by atoms with Crippen LogP contribution in [0.4, 0.5) is 5.82 Å². The molecular formula is C14H17N3O3. The van der Waals surface area contributed by atoms with Crippen molar-refractivity contribution < 1.29 is 9.47 Å². The largest absolute Gasteiger partial charge is 0.383 e. The Morgan fingerprint density at radius 1 is 1.10 bits per heavy atom. The van der Waals surface area contributed by atoms with Crippen LogP contribution in [0.1, 0.15) is 5.56 Å². The van der Waals surface area contributed by atoms with Gasteiger partial charge in [0.1, 0.15) is 12.5 Å². The molecule has 20 heavy (non-hydrogen) atoms. The molecule has 2 aromatic rings. The molecule has 0 aliphatic heterocycles. The number of nitrogens with zero attached hydrogens (tertiary/aromatic N) is 2. The van der Waals surface area contributed by atoms with Crippen molar-refractivity contribution in [2.45, 2.75) is 13.3 Å². The van der Waals surface area contributed by atoms with E-state index < -0.39 is 5.69 Å². The molecule has 0 saturated carbocycles. The number of nitrogens with two attached hydrogens (primary N) is 1. The van der Waals surface area contributed by atoms with E-state index in [1.165, 1.54) is 4.57 Å². The summed E-state index contributed by atoms with van der Waals surface area (Å²) in [5.74, 6) is 0.206. The highest BCUT2D eigenvalue weighted by molar-refractivity contribution is 5.23. The highest BCUT2D eigenvalue weighted by Gasteiger charge is 1.98. The van der Waals surface area contributed by atoms with Gasteiger partial charge in [-0.1, -0.05) is 30.3 Å². The second-order valence-electron chi connectivity index (χ2n) is 4.18. The quantitative estimate of drug-likeness (QED) is 0.763. The van der Waals surface area contributed by atoms with Crippen LogP contribution in [0.25, 0.3) is 0 Å². The number of hydrogen-bond donors (Lipinski definition) is 1. The lowest BCUT2D eigenvalue weighted by molar-refractivity contribution is 0.0121. The van der Waals surface area contributed by atoms with Gasteiger partial charge in [0, 0.05) is 6.20 Å². The maximum absolute atomic E-state index is 11.4. The molecule has 0 amide bonds. The summed E-state index contributed by atoms with van der Waals surface area (Å²) in [5, 5.41) is 0. The second-order valence-corrected chi connectivity index (χ2v) is 4.18. The first kappa shape index (κ1) is 14.2. The summed E-state index contributed by atoms with van der Waals surface area (Å²) < 4.78 is 12.1. The predicted octanol–water partition coefficient (Wildman–Crippen LogP) is 1.02. The first-order chi connectivity index (χ1) is 9.75. The fourth-order valence-corrected chi connectivity index (χ4v) is 1.59. The van der Waals surface area contributed by atoms with Gasteiger partial charge in [0.2, 0.25) is 0 Å². The highest BCUT2D eigenvalue weighted by atomic mass is 16.5. The third-order valence-electron chi connectivity index (χ3n) is 2.61. The molecule has 1 aromatic heterocycles. The van der Waals surface area contributed by atoms with E-state index >= 15 is 0 Å². The van der Waals surface area contributed by atoms with Gasteiger partial charge in [-0.2, -0.15) is 4.98 Å². The molecule has 6 nitrogen and oxygen atoms in total. The van der Waals surface area contributed by atoms with E-state index in [1.807, 2.05) is 30.3 Å². The monoisotopic (exact) mass is 275 g/mol. The van der Waals surface area contributed by atoms with Crippen molar-refractivity contribution in [1.29, 1.82) is 0 Å². The molecular weight excluding hydrogens is 258 g/mol. The minimum atomic E-state index is -0.421. The van der Waals surface area contributed by atoms with Gasteiger partial charge < -0.3 is 15.2 Å². The third-order valence-corrected chi connectivity index (χ3v) is 2.61. The van der Waals surface area contributed by atoms with Crippen molar-refractivity contribution in [2.24, 2.45) is 0 Å². The van der Waals surface area contributed by atoms with Crippen LogP contribution in [-0.4, -0.2) is 22.8 Å². The van der Waals surface area contributed by atoms with Gasteiger partial charge in [0.15, 0.2) is 0 Å². The lowest BCUT2D eigenvalue weighted by Crippen LogP contribution is -2.24. The fraction of sp³-hybridized carbons (Fsp3) is 0.286. The number of benzene rings is 1. The summed E-state index contributed by atoms with van der Waals surface area (Å²) in [7, 11) is 0. The first-order valence-electron chi connectivity index (χ1n) is 6.28. The van der Waals surface area contributed by atoms with Gasteiger partial charge in [0.25, 0.3) is 0 Å². The topological polar surface area (TPSA) is 79.4 Å². The van der Waals surface area contributed by atoms with Gasteiger partial charge in [0.05, 0.1) is 19.8 Å². The molecule has 1 aromatic carbocycles. The molecule has 0 aliphatic rings. The van der Waals surface area contributed by atoms with Crippen LogP contribution in [-0.2, 0) is 22.8 Å². The van der Waals surface area contributed by atoms with E-state index in [9.17, 15) is 4.79 Å². The Morgan fingerprint density at radius 3 is 2.60 bits per heavy atom. The van der Waals surface area contributed by atoms with E-state index in [2.05, 4.69) is 4.98 Å². The Kier molecular flexibility index (Phi) is 5.28. The normalized spacial score (nSPS) is 10.6. The molecule has 2 rings (SSSR count). The molecule has 0 bridgehead atoms. The zero-order chi connectivity index (χ0) is 14.2. The first-order valence-corrected chi connectivity index (χ1v) is 6.28. The highest BCUT2D eigenvalue weighted by Crippen LogP contribution is 2.00. The fourth-order valence-electron chi connectivity index (χ4n) is 1.59. The van der Waals surface area contributed by atoms with Gasteiger partial charge >= 0.3 is 5.69 Å². The van der Waals surface area contributed by atoms with E-state index in [-0.39, 0.29) is 12.5 Å². The minimum Gasteiger partial charge on any atom is -0.383 e. The van der Waals surface area contributed by atoms with Gasteiger partial charge in [-0.3, -0.25) is 4.57 Å². The Labute approximate surface area is 116 Å². The number of rotatable bonds is 7. The Hall–Kier alpha value is -2.18. The summed E-state index contributed by atoms with van der Waals surface area (Å²) in [6, 6.07) is 11.5. The zero-order valence-corrected chi connectivity index (χ0v) is 11.1. The van der Waals surface area contributed by atoms with Crippen molar-refractivity contribution in [3.8, 4) is 0 Å². The zero-order valence-electron chi connectivity index (χ0n) is 11.1. The Morgan fingerprint density at radius 2 is 1.85 bits per heavy atom. The number of ether oxygens (including phenoxy) is 2. The van der Waals surface area contributed by atoms with Crippen LogP contribution >= 0.6 is 0 Å². The predicted molar refractivity (Wildman–Crippen MR) is 75.0 cm³/mol. The molecule has 0 unspecified atom stereocenters. The van der Waals surface area contributed by atoms with Gasteiger partial charge in [-0.25, -0.2) is 4.79 Å². The maximum atomic E-state index is 11.4. The number of nitrogen functional groups attached to an aromatic ring is 1. The molecule has 0 atom stereocenters. The Balaban J connectivity index is 1.63. The summed E-state index contributed by atoms with van der Waals surface area (Å²) in [5.41, 5.74) is 6.09. The molecule has 0 spiro atoms. The van der Waals surface area contributed by atoms with Crippen LogP contribution in [0.3, 0.4) is 0 Å². The smallest absolute Gasteiger partial charge is 0.351 e. The molecule has 0 saturated heterocycles. The average molecular weight is 275 g/mol. The third kappa shape index (κ3) is 4.49. The summed E-state index contributed by atoms with van der Waals surface area (Å²) in [6.07, 6.45) is 1.55. The van der Waals surface area contributed by atoms with Crippen LogP contribution in [0.15, 0.2) is 47.4 Å². The summed E-state index contributed by atoms with van der Waals surface area (Å²) >= 11 is 0. The molecule has 106 valence electrons. The summed E-state index contributed by atoms with van der Waals surface area (Å²) in [6.45, 7) is 1.56. The molecule has 0 aliphatic carbocycles. The number of hydrogen-bond acceptors (Lipinski definition) is 5. The average Bonchev–Trinajstić information content (AvgIpc) is 2.46. The number of aromatic nitrogens is 2. The number of anilines is 1. The van der Waals surface area contributed by atoms with Gasteiger partial charge in [-0.05, 0) is 11.6 Å². The van der Waals surface area contributed by atoms with E-state index in [4.69, 9.17) is 15.2 Å². The minimum absolute atomic E-state index is 0.140. The van der Waals surface area contributed by atoms with Crippen molar-refractivity contribution in [3.63, 3.8) is 0 Å². The van der Waals surface area contributed by atoms with Crippen LogP contribution < -0.4 is 11.4 Å². The molecule has 2 N–H and O–H groups in total. The van der Waals surface area contributed by atoms with E-state index in [0.717, 1.165) is 5.56 Å². The van der Waals surface area contributed by atoms with Crippen molar-refractivity contribution in [2.75, 3.05) is 18.9 Å². The van der Waals surface area contributed by atoms with E-state index in [0.29, 0.717) is 19.8 Å². The lowest BCUT2D eigenvalue weighted by atomic mass is 10.2. The second kappa shape index (κ2) is 7.42. The lowest BCUT2D eigenvalue weighted by Gasteiger charge is -2.07. The van der Waals surface area contributed by atoms with Crippen LogP contribution in [0, 0.1) is 0 Å². The Bertz CT molecular complexity index is 584. The summed E-state index contributed by atoms with van der Waals surface area (Å²) in [4.78, 5) is 15.0. The van der Waals surface area contributed by atoms with Crippen molar-refractivity contribution in [3.05, 3.63) is 58.6 Å². The van der Waals surface area contributed by atoms with Crippen LogP contribution in [0.5, 0.6) is 0 Å². The molecule has 6 heteroatoms. The standard InChI is InChI=1S/C14H17N3O3/c15-13-6-7-17(14(18)16-13)11-20-9-8-19-10-12-4-2-1-3-5-12/h1-7H,8-11H2,(H2,15,16,18). The van der Waals surface area contributed by atoms with Gasteiger partial charge in [-0.15, -0.1) is 0 Å². The maximum Gasteiger partial charge on any atom is 0.351 e. The van der Waals surface area contributed by atoms with Crippen molar-refractivity contribution in [1.82, 2.24) is 9.55 Å². The molecule has 0 radical (unpaired) electrons. The SMILES string of the molecule is Nc1ccn(COCCOCc2ccccc2)c(=O)n1. The van der Waals surface area contributed by atoms with Crippen molar-refractivity contribution >= 4 is 5.82 Å². The van der Waals surface area contributed by atoms with Crippen LogP contribution in [0.2, 0.25) is 0 Å². The molecule has 1 heterocycles. The molecule has 0 fully saturated rings.